The number of allylic oxidation sites excluding steroid dienone is 1. The molecule has 6 aliphatic rings. The van der Waals surface area contributed by atoms with Gasteiger partial charge in [0.15, 0.2) is 23.0 Å². The van der Waals surface area contributed by atoms with E-state index in [1.54, 1.807) is 19.2 Å². The molecule has 0 aromatic heterocycles. The molecule has 79 heavy (non-hydrogen) atoms. The lowest BCUT2D eigenvalue weighted by Gasteiger charge is -2.64. The molecule has 9 unspecified atom stereocenters. The van der Waals surface area contributed by atoms with E-state index in [1.807, 2.05) is 54.6 Å². The highest BCUT2D eigenvalue weighted by Gasteiger charge is 2.65. The second kappa shape index (κ2) is 21.7. The summed E-state index contributed by atoms with van der Waals surface area (Å²) in [4.78, 5) is 29.7. The van der Waals surface area contributed by atoms with Crippen LogP contribution in [0.3, 0.4) is 0 Å². The van der Waals surface area contributed by atoms with Crippen molar-refractivity contribution in [3.63, 3.8) is 0 Å². The minimum atomic E-state index is -0.995. The van der Waals surface area contributed by atoms with Gasteiger partial charge in [-0.05, 0) is 184 Å². The van der Waals surface area contributed by atoms with Crippen LogP contribution >= 0.6 is 0 Å². The predicted octanol–water partition coefficient (Wildman–Crippen LogP) is 12.9. The number of aliphatic hydroxyl groups is 1. The molecule has 5 N–H and O–H groups in total. The van der Waals surface area contributed by atoms with Crippen LogP contribution in [0.1, 0.15) is 141 Å². The van der Waals surface area contributed by atoms with E-state index in [2.05, 4.69) is 59.9 Å². The molecular weight excluding hydrogens is 991 g/mol. The number of hydrogen-bond acceptors (Lipinski definition) is 11. The third kappa shape index (κ3) is 9.72. The summed E-state index contributed by atoms with van der Waals surface area (Å²) >= 11 is 0. The number of aromatic hydroxyl groups is 3. The molecular formula is C68H75NO10. The van der Waals surface area contributed by atoms with Gasteiger partial charge in [-0.1, -0.05) is 111 Å². The molecule has 4 fully saturated rings. The zero-order valence-corrected chi connectivity index (χ0v) is 45.8. The Bertz CT molecular complexity index is 3280. The van der Waals surface area contributed by atoms with Crippen LogP contribution in [0.2, 0.25) is 0 Å². The summed E-state index contributed by atoms with van der Waals surface area (Å²) in [5.41, 5.74) is 6.92. The first-order chi connectivity index (χ1) is 38.3. The first-order valence-electron chi connectivity index (χ1n) is 29.1. The van der Waals surface area contributed by atoms with Crippen molar-refractivity contribution >= 4 is 28.8 Å². The molecule has 11 heteroatoms. The molecule has 6 aromatic rings. The monoisotopic (exact) mass is 1070 g/mol. The van der Waals surface area contributed by atoms with Crippen molar-refractivity contribution in [3.05, 3.63) is 154 Å². The van der Waals surface area contributed by atoms with Crippen molar-refractivity contribution < 1.29 is 49.0 Å². The molecule has 6 aliphatic carbocycles. The Balaban J connectivity index is 0.982. The van der Waals surface area contributed by atoms with E-state index < -0.39 is 35.1 Å². The van der Waals surface area contributed by atoms with Gasteiger partial charge in [0.05, 0.1) is 25.7 Å². The molecule has 4 saturated carbocycles. The fourth-order valence-corrected chi connectivity index (χ4v) is 16.2. The summed E-state index contributed by atoms with van der Waals surface area (Å²) in [6, 6.07) is 36.5. The molecule has 0 saturated heterocycles. The van der Waals surface area contributed by atoms with E-state index in [4.69, 9.17) is 18.9 Å². The van der Waals surface area contributed by atoms with E-state index in [-0.39, 0.29) is 59.2 Å². The highest BCUT2D eigenvalue weighted by Crippen LogP contribution is 2.70. The van der Waals surface area contributed by atoms with Gasteiger partial charge in [-0.15, -0.1) is 0 Å². The van der Waals surface area contributed by atoms with Gasteiger partial charge >= 0.3 is 11.9 Å². The van der Waals surface area contributed by atoms with Gasteiger partial charge in [0.2, 0.25) is 0 Å². The first-order valence-corrected chi connectivity index (χ1v) is 29.1. The van der Waals surface area contributed by atoms with Crippen molar-refractivity contribution in [3.8, 4) is 39.9 Å². The summed E-state index contributed by atoms with van der Waals surface area (Å²) in [6.45, 7) is 2.21. The maximum absolute atomic E-state index is 16.0. The summed E-state index contributed by atoms with van der Waals surface area (Å²) in [6.07, 6.45) is 14.2. The van der Waals surface area contributed by atoms with Gasteiger partial charge in [0, 0.05) is 37.3 Å². The SMILES string of the molecule is COc1cc2c(cc1O)C1CC(O)C3Cc4cc(O)c(OC)cc4C4CC(OC(=O)C5(c6ccc7cc(O)cc(-c8cccc(CNC9CCCCC9)c8)c7c6)CCCCC5)CC(OC(C)=O)C(C2)C1(C=Cc1ccccc1)C43. The number of aliphatic hydroxyl groups excluding tert-OH is 1. The molecule has 0 spiro atoms. The third-order valence-electron chi connectivity index (χ3n) is 19.7. The van der Waals surface area contributed by atoms with E-state index in [0.29, 0.717) is 56.1 Å². The number of phenolic OH excluding ortho intramolecular Hbond substituents is 3. The van der Waals surface area contributed by atoms with Gasteiger partial charge in [0.25, 0.3) is 0 Å². The van der Waals surface area contributed by atoms with Crippen LogP contribution in [0.5, 0.6) is 28.7 Å². The number of carbonyl (C=O) groups excluding carboxylic acids is 2. The van der Waals surface area contributed by atoms with Crippen LogP contribution in [-0.4, -0.2) is 70.9 Å². The standard InChI is InChI=1S/C68H75NO10/c1-40(70)78-62-35-50(79-66(75)67(23-11-6-12-24-67)47-21-20-44-27-49(71)33-52(51(44)32-47)43-17-13-16-42(26-43)39-69-48-18-9-5-10-19-48)34-55-53-37-64(77-3)60(73)30-45(53)28-56-59(72)38-57-54-36-61(74)63(76-2)31-46(54)29-58(62)68(57,65(55)56)25-22-41-14-7-4-8-15-41/h4,7-8,13-17,20-22,25-27,30-33,36-37,48,50,55-59,62,65,69,71-74H,5-6,9-12,18-19,23-24,28-29,34-35,38-39H2,1-3H3. The number of phenols is 3. The lowest BCUT2D eigenvalue weighted by molar-refractivity contribution is -0.178. The largest absolute Gasteiger partial charge is 0.508 e. The molecule has 0 radical (unpaired) electrons. The van der Waals surface area contributed by atoms with Crippen molar-refractivity contribution in [2.24, 2.45) is 23.2 Å². The fourth-order valence-electron chi connectivity index (χ4n) is 16.2. The minimum absolute atomic E-state index is 0.0165. The number of methoxy groups -OCH3 is 2. The summed E-state index contributed by atoms with van der Waals surface area (Å²) in [5.74, 6) is -1.52. The molecule has 0 amide bonds. The maximum atomic E-state index is 16.0. The second-order valence-corrected chi connectivity index (χ2v) is 24.0. The topological polar surface area (TPSA) is 164 Å². The highest BCUT2D eigenvalue weighted by molar-refractivity contribution is 5.99. The van der Waals surface area contributed by atoms with Crippen LogP contribution < -0.4 is 14.8 Å². The number of carbonyl (C=O) groups is 2. The average Bonchev–Trinajstić information content (AvgIpc) is 3.34. The number of benzene rings is 6. The number of fused-ring (bicyclic) bond motifs is 5. The highest BCUT2D eigenvalue weighted by atomic mass is 16.6. The molecule has 412 valence electrons. The summed E-state index contributed by atoms with van der Waals surface area (Å²) < 4.78 is 25.4. The number of esters is 2. The number of hydrogen-bond donors (Lipinski definition) is 5. The average molecular weight is 1070 g/mol. The Morgan fingerprint density at radius 2 is 1.47 bits per heavy atom. The molecule has 11 nitrogen and oxygen atoms in total. The van der Waals surface area contributed by atoms with Crippen molar-refractivity contribution in [1.82, 2.24) is 5.32 Å². The maximum Gasteiger partial charge on any atom is 0.316 e. The van der Waals surface area contributed by atoms with E-state index >= 15 is 4.79 Å². The zero-order valence-electron chi connectivity index (χ0n) is 45.8. The van der Waals surface area contributed by atoms with Gasteiger partial charge in [0.1, 0.15) is 18.0 Å². The van der Waals surface area contributed by atoms with Crippen molar-refractivity contribution in [2.75, 3.05) is 14.2 Å². The van der Waals surface area contributed by atoms with Gasteiger partial charge < -0.3 is 44.7 Å². The second-order valence-electron chi connectivity index (χ2n) is 24.0. The molecule has 12 rings (SSSR count). The van der Waals surface area contributed by atoms with E-state index in [9.17, 15) is 25.2 Å². The Hall–Kier alpha value is -6.82. The van der Waals surface area contributed by atoms with Crippen LogP contribution in [0.25, 0.3) is 28.0 Å². The number of nitrogens with one attached hydrogen (secondary N) is 1. The minimum Gasteiger partial charge on any atom is -0.508 e. The number of rotatable bonds is 12. The van der Waals surface area contributed by atoms with Crippen molar-refractivity contribution in [1.29, 1.82) is 0 Å². The van der Waals surface area contributed by atoms with Crippen LogP contribution in [0.15, 0.2) is 115 Å². The Labute approximate surface area is 464 Å². The summed E-state index contributed by atoms with van der Waals surface area (Å²) in [5, 5.41) is 52.5. The van der Waals surface area contributed by atoms with Crippen LogP contribution in [0.4, 0.5) is 0 Å². The fraction of sp³-hybridized carbons (Fsp3) is 0.441. The zero-order chi connectivity index (χ0) is 54.6. The molecule has 9 atom stereocenters. The number of ether oxygens (including phenoxy) is 4. The molecule has 0 aliphatic heterocycles. The van der Waals surface area contributed by atoms with Gasteiger partial charge in [-0.2, -0.15) is 0 Å². The van der Waals surface area contributed by atoms with Crippen LogP contribution in [-0.2, 0) is 43.9 Å². The first kappa shape index (κ1) is 52.9. The molecule has 6 aromatic carbocycles. The van der Waals surface area contributed by atoms with E-state index in [1.165, 1.54) is 51.7 Å². The lowest BCUT2D eigenvalue weighted by atomic mass is 9.40. The molecule has 0 heterocycles. The quantitative estimate of drug-likeness (QED) is 0.0741. The molecule has 0 bridgehead atoms. The van der Waals surface area contributed by atoms with Gasteiger partial charge in [-0.25, -0.2) is 0 Å². The Morgan fingerprint density at radius 1 is 0.722 bits per heavy atom. The van der Waals surface area contributed by atoms with Crippen molar-refractivity contribution in [2.45, 2.75) is 151 Å². The lowest BCUT2D eigenvalue weighted by Crippen LogP contribution is -2.62. The van der Waals surface area contributed by atoms with E-state index in [0.717, 1.165) is 81.1 Å². The Morgan fingerprint density at radius 3 is 2.24 bits per heavy atom. The third-order valence-corrected chi connectivity index (χ3v) is 19.7. The Kier molecular flexibility index (Phi) is 14.5. The predicted molar refractivity (Wildman–Crippen MR) is 305 cm³/mol. The van der Waals surface area contributed by atoms with Crippen LogP contribution in [0, 0.1) is 23.2 Å². The van der Waals surface area contributed by atoms with Gasteiger partial charge in [-0.3, -0.25) is 9.59 Å². The summed E-state index contributed by atoms with van der Waals surface area (Å²) in [7, 11) is 3.09. The normalized spacial score (nSPS) is 27.1. The smallest absolute Gasteiger partial charge is 0.316 e.